The number of allylic oxidation sites excluding steroid dienone is 2. The van der Waals surface area contributed by atoms with Crippen LogP contribution in [-0.4, -0.2) is 35.7 Å². The summed E-state index contributed by atoms with van der Waals surface area (Å²) in [5, 5.41) is 16.7. The summed E-state index contributed by atoms with van der Waals surface area (Å²) in [6.45, 7) is 0.647. The van der Waals surface area contributed by atoms with Gasteiger partial charge in [-0.05, 0) is 38.5 Å². The zero-order chi connectivity index (χ0) is 20.7. The zero-order valence-corrected chi connectivity index (χ0v) is 17.4. The van der Waals surface area contributed by atoms with Crippen LogP contribution in [0.2, 0.25) is 0 Å². The number of carboxylic acid groups (broad SMARTS) is 2. The minimum atomic E-state index is -1.18. The van der Waals surface area contributed by atoms with Gasteiger partial charge in [-0.2, -0.15) is 0 Å². The fourth-order valence-corrected chi connectivity index (χ4v) is 3.05. The molecule has 28 heavy (non-hydrogen) atoms. The molecule has 0 aromatic carbocycles. The molecule has 0 radical (unpaired) electrons. The fourth-order valence-electron chi connectivity index (χ4n) is 3.05. The van der Waals surface area contributed by atoms with E-state index in [9.17, 15) is 9.59 Å². The quantitative estimate of drug-likeness (QED) is 0.128. The second kappa shape index (κ2) is 21.6. The normalized spacial score (nSPS) is 11.0. The standard InChI is InChI=1S/C22H40O6/c23-21(24)27-19-17-15-13-11-9-7-5-3-1-2-4-6-8-10-12-14-16-18-20-28-22(25)26/h1-2H,3-20H2,(H,23,24)(H,25,26). The first-order valence-electron chi connectivity index (χ1n) is 11.0. The summed E-state index contributed by atoms with van der Waals surface area (Å²) in [5.41, 5.74) is 0. The zero-order valence-electron chi connectivity index (χ0n) is 17.4. The van der Waals surface area contributed by atoms with E-state index in [4.69, 9.17) is 10.2 Å². The third-order valence-corrected chi connectivity index (χ3v) is 4.65. The van der Waals surface area contributed by atoms with Crippen LogP contribution in [0.1, 0.15) is 103 Å². The number of hydrogen-bond acceptors (Lipinski definition) is 4. The van der Waals surface area contributed by atoms with Gasteiger partial charge in [-0.25, -0.2) is 9.59 Å². The Bertz CT molecular complexity index is 358. The Kier molecular flexibility index (Phi) is 20.3. The van der Waals surface area contributed by atoms with E-state index in [-0.39, 0.29) is 0 Å². The van der Waals surface area contributed by atoms with Gasteiger partial charge < -0.3 is 19.7 Å². The number of rotatable bonds is 20. The molecule has 0 bridgehead atoms. The van der Waals surface area contributed by atoms with Crippen molar-refractivity contribution in [2.24, 2.45) is 0 Å². The van der Waals surface area contributed by atoms with Crippen LogP contribution < -0.4 is 0 Å². The number of ether oxygens (including phenoxy) is 2. The molecule has 0 aromatic rings. The van der Waals surface area contributed by atoms with Crippen molar-refractivity contribution in [3.8, 4) is 0 Å². The molecule has 0 fully saturated rings. The molecule has 0 unspecified atom stereocenters. The molecule has 0 rings (SSSR count). The maximum Gasteiger partial charge on any atom is 0.505 e. The van der Waals surface area contributed by atoms with Gasteiger partial charge in [0.15, 0.2) is 0 Å². The molecule has 0 saturated heterocycles. The Morgan fingerprint density at radius 1 is 0.500 bits per heavy atom. The molecule has 0 heterocycles. The highest BCUT2D eigenvalue weighted by molar-refractivity contribution is 5.56. The van der Waals surface area contributed by atoms with E-state index < -0.39 is 12.3 Å². The molecule has 164 valence electrons. The van der Waals surface area contributed by atoms with Crippen LogP contribution in [-0.2, 0) is 9.47 Å². The van der Waals surface area contributed by atoms with Crippen molar-refractivity contribution in [3.05, 3.63) is 12.2 Å². The van der Waals surface area contributed by atoms with E-state index in [1.165, 1.54) is 64.2 Å². The van der Waals surface area contributed by atoms with E-state index in [0.29, 0.717) is 13.2 Å². The lowest BCUT2D eigenvalue weighted by atomic mass is 10.1. The van der Waals surface area contributed by atoms with Crippen LogP contribution in [0.25, 0.3) is 0 Å². The summed E-state index contributed by atoms with van der Waals surface area (Å²) in [7, 11) is 0. The highest BCUT2D eigenvalue weighted by atomic mass is 16.7. The summed E-state index contributed by atoms with van der Waals surface area (Å²) in [4.78, 5) is 20.3. The molecule has 6 nitrogen and oxygen atoms in total. The Morgan fingerprint density at radius 2 is 0.786 bits per heavy atom. The summed E-state index contributed by atoms with van der Waals surface area (Å²) in [5.74, 6) is 0. The van der Waals surface area contributed by atoms with Crippen LogP contribution in [0.5, 0.6) is 0 Å². The van der Waals surface area contributed by atoms with Gasteiger partial charge in [-0.15, -0.1) is 0 Å². The van der Waals surface area contributed by atoms with Crippen molar-refractivity contribution < 1.29 is 29.3 Å². The van der Waals surface area contributed by atoms with E-state index in [1.54, 1.807) is 0 Å². The third-order valence-electron chi connectivity index (χ3n) is 4.65. The average Bonchev–Trinajstić information content (AvgIpc) is 2.65. The lowest BCUT2D eigenvalue weighted by Crippen LogP contribution is -2.01. The molecule has 0 amide bonds. The molecular formula is C22H40O6. The Morgan fingerprint density at radius 3 is 1.11 bits per heavy atom. The molecule has 0 aliphatic heterocycles. The SMILES string of the molecule is O=C(O)OCCCCCCCCCC=CCCCCCCCCCOC(=O)O. The Balaban J connectivity index is 3.10. The lowest BCUT2D eigenvalue weighted by molar-refractivity contribution is 0.0887. The first kappa shape index (κ1) is 26.3. The molecule has 2 N–H and O–H groups in total. The Labute approximate surface area is 170 Å². The van der Waals surface area contributed by atoms with Gasteiger partial charge in [0.25, 0.3) is 0 Å². The van der Waals surface area contributed by atoms with Crippen molar-refractivity contribution in [3.63, 3.8) is 0 Å². The summed E-state index contributed by atoms with van der Waals surface area (Å²) < 4.78 is 8.95. The molecule has 0 aromatic heterocycles. The first-order valence-corrected chi connectivity index (χ1v) is 11.0. The summed E-state index contributed by atoms with van der Waals surface area (Å²) in [6, 6.07) is 0. The fraction of sp³-hybridized carbons (Fsp3) is 0.818. The molecular weight excluding hydrogens is 360 g/mol. The second-order valence-electron chi connectivity index (χ2n) is 7.23. The van der Waals surface area contributed by atoms with Crippen molar-refractivity contribution in [2.75, 3.05) is 13.2 Å². The van der Waals surface area contributed by atoms with Gasteiger partial charge in [-0.1, -0.05) is 76.4 Å². The molecule has 0 spiro atoms. The van der Waals surface area contributed by atoms with Gasteiger partial charge in [0, 0.05) is 0 Å². The van der Waals surface area contributed by atoms with Crippen molar-refractivity contribution >= 4 is 12.3 Å². The summed E-state index contributed by atoms with van der Waals surface area (Å²) in [6.07, 6.45) is 20.7. The summed E-state index contributed by atoms with van der Waals surface area (Å²) >= 11 is 0. The predicted octanol–water partition coefficient (Wildman–Crippen LogP) is 7.17. The van der Waals surface area contributed by atoms with Crippen LogP contribution in [0, 0.1) is 0 Å². The molecule has 0 aliphatic rings. The van der Waals surface area contributed by atoms with Crippen molar-refractivity contribution in [2.45, 2.75) is 103 Å². The molecule has 0 aliphatic carbocycles. The third kappa shape index (κ3) is 24.3. The van der Waals surface area contributed by atoms with Gasteiger partial charge in [0.2, 0.25) is 0 Å². The minimum Gasteiger partial charge on any atom is -0.450 e. The molecule has 0 atom stereocenters. The number of carbonyl (C=O) groups is 2. The number of unbranched alkanes of at least 4 members (excludes halogenated alkanes) is 14. The van der Waals surface area contributed by atoms with Crippen LogP contribution in [0.4, 0.5) is 9.59 Å². The maximum atomic E-state index is 10.2. The highest BCUT2D eigenvalue weighted by Crippen LogP contribution is 2.11. The van der Waals surface area contributed by atoms with Crippen LogP contribution in [0.15, 0.2) is 12.2 Å². The average molecular weight is 401 g/mol. The van der Waals surface area contributed by atoms with Crippen molar-refractivity contribution in [1.29, 1.82) is 0 Å². The van der Waals surface area contributed by atoms with Crippen LogP contribution >= 0.6 is 0 Å². The topological polar surface area (TPSA) is 93.1 Å². The maximum absolute atomic E-state index is 10.2. The van der Waals surface area contributed by atoms with E-state index in [2.05, 4.69) is 21.6 Å². The second-order valence-corrected chi connectivity index (χ2v) is 7.23. The lowest BCUT2D eigenvalue weighted by Gasteiger charge is -2.02. The van der Waals surface area contributed by atoms with Crippen LogP contribution in [0.3, 0.4) is 0 Å². The van der Waals surface area contributed by atoms with Gasteiger partial charge in [0.1, 0.15) is 0 Å². The van der Waals surface area contributed by atoms with E-state index in [1.807, 2.05) is 0 Å². The highest BCUT2D eigenvalue weighted by Gasteiger charge is 1.97. The van der Waals surface area contributed by atoms with Gasteiger partial charge >= 0.3 is 12.3 Å². The van der Waals surface area contributed by atoms with Crippen molar-refractivity contribution in [1.82, 2.24) is 0 Å². The number of hydrogen-bond donors (Lipinski definition) is 2. The predicted molar refractivity (Wildman–Crippen MR) is 111 cm³/mol. The Hall–Kier alpha value is -1.72. The van der Waals surface area contributed by atoms with Gasteiger partial charge in [-0.3, -0.25) is 0 Å². The first-order chi connectivity index (χ1) is 13.6. The largest absolute Gasteiger partial charge is 0.505 e. The molecule has 0 saturated carbocycles. The van der Waals surface area contributed by atoms with E-state index >= 15 is 0 Å². The minimum absolute atomic E-state index is 0.324. The van der Waals surface area contributed by atoms with Gasteiger partial charge in [0.05, 0.1) is 13.2 Å². The smallest absolute Gasteiger partial charge is 0.450 e. The molecule has 6 heteroatoms. The van der Waals surface area contributed by atoms with E-state index in [0.717, 1.165) is 38.5 Å². The monoisotopic (exact) mass is 400 g/mol.